The average molecular weight is 273 g/mol. The van der Waals surface area contributed by atoms with Crippen LogP contribution in [0, 0.1) is 17.6 Å². The van der Waals surface area contributed by atoms with Gasteiger partial charge in [0.15, 0.2) is 11.6 Å². The molecule has 0 bridgehead atoms. The van der Waals surface area contributed by atoms with Crippen LogP contribution in [0.4, 0.5) is 8.78 Å². The highest BCUT2D eigenvalue weighted by atomic mass is 19.2. The minimum Gasteiger partial charge on any atom is -0.396 e. The van der Waals surface area contributed by atoms with E-state index in [0.717, 1.165) is 12.1 Å². The van der Waals surface area contributed by atoms with Gasteiger partial charge in [-0.3, -0.25) is 0 Å². The van der Waals surface area contributed by atoms with Crippen molar-refractivity contribution in [3.05, 3.63) is 35.4 Å². The summed E-state index contributed by atoms with van der Waals surface area (Å²) in [6.07, 6.45) is -0.322. The monoisotopic (exact) mass is 273 g/mol. The van der Waals surface area contributed by atoms with Crippen molar-refractivity contribution >= 4 is 0 Å². The number of aliphatic hydroxyl groups is 2. The Bertz CT molecular complexity index is 399. The summed E-state index contributed by atoms with van der Waals surface area (Å²) in [5.41, 5.74) is 0.331. The van der Waals surface area contributed by atoms with E-state index in [4.69, 9.17) is 5.11 Å². The van der Waals surface area contributed by atoms with Crippen LogP contribution in [0.2, 0.25) is 0 Å². The fraction of sp³-hybridized carbons (Fsp3) is 0.571. The van der Waals surface area contributed by atoms with Gasteiger partial charge in [-0.25, -0.2) is 8.78 Å². The second kappa shape index (κ2) is 7.53. The van der Waals surface area contributed by atoms with Crippen molar-refractivity contribution in [2.45, 2.75) is 32.4 Å². The quantitative estimate of drug-likeness (QED) is 0.712. The molecule has 0 aliphatic rings. The third kappa shape index (κ3) is 4.86. The molecule has 1 aromatic carbocycles. The zero-order chi connectivity index (χ0) is 14.4. The molecule has 5 heteroatoms. The second-order valence-electron chi connectivity index (χ2n) is 4.96. The molecule has 0 fully saturated rings. The normalized spacial score (nSPS) is 14.7. The van der Waals surface area contributed by atoms with Crippen LogP contribution in [-0.4, -0.2) is 29.4 Å². The van der Waals surface area contributed by atoms with E-state index < -0.39 is 17.7 Å². The first-order valence-electron chi connectivity index (χ1n) is 6.43. The highest BCUT2D eigenvalue weighted by molar-refractivity contribution is 5.20. The van der Waals surface area contributed by atoms with Crippen LogP contribution in [0.25, 0.3) is 0 Å². The molecule has 3 N–H and O–H groups in total. The lowest BCUT2D eigenvalue weighted by Crippen LogP contribution is -2.37. The van der Waals surface area contributed by atoms with Crippen molar-refractivity contribution in [2.24, 2.45) is 5.92 Å². The topological polar surface area (TPSA) is 52.5 Å². The molecule has 108 valence electrons. The molecule has 0 aliphatic heterocycles. The SMILES string of the molecule is CC(C)C(CCO)NCC(O)c1ccc(F)c(F)c1. The maximum Gasteiger partial charge on any atom is 0.159 e. The van der Waals surface area contributed by atoms with E-state index in [2.05, 4.69) is 5.32 Å². The predicted octanol–water partition coefficient (Wildman–Crippen LogP) is 1.99. The molecule has 1 aromatic rings. The first-order valence-corrected chi connectivity index (χ1v) is 6.43. The number of hydrogen-bond acceptors (Lipinski definition) is 3. The number of hydrogen-bond donors (Lipinski definition) is 3. The Morgan fingerprint density at radius 1 is 1.21 bits per heavy atom. The van der Waals surface area contributed by atoms with Crippen molar-refractivity contribution in [3.63, 3.8) is 0 Å². The van der Waals surface area contributed by atoms with Crippen molar-refractivity contribution in [1.82, 2.24) is 5.32 Å². The number of benzene rings is 1. The van der Waals surface area contributed by atoms with Crippen LogP contribution in [0.1, 0.15) is 31.9 Å². The van der Waals surface area contributed by atoms with Crippen LogP contribution in [0.3, 0.4) is 0 Å². The summed E-state index contributed by atoms with van der Waals surface area (Å²) in [4.78, 5) is 0. The standard InChI is InChI=1S/C14H21F2NO2/c1-9(2)13(5-6-18)17-8-14(19)10-3-4-11(15)12(16)7-10/h3-4,7,9,13-14,17-19H,5-6,8H2,1-2H3. The van der Waals surface area contributed by atoms with Gasteiger partial charge in [0.1, 0.15) is 0 Å². The molecule has 3 nitrogen and oxygen atoms in total. The molecule has 0 saturated carbocycles. The number of aliphatic hydroxyl groups excluding tert-OH is 2. The molecule has 0 heterocycles. The number of nitrogens with one attached hydrogen (secondary N) is 1. The third-order valence-corrected chi connectivity index (χ3v) is 3.15. The smallest absolute Gasteiger partial charge is 0.159 e. The Hall–Kier alpha value is -1.04. The molecule has 2 atom stereocenters. The van der Waals surface area contributed by atoms with Crippen LogP contribution < -0.4 is 5.32 Å². The van der Waals surface area contributed by atoms with Crippen LogP contribution >= 0.6 is 0 Å². The van der Waals surface area contributed by atoms with Gasteiger partial charge in [-0.1, -0.05) is 19.9 Å². The van der Waals surface area contributed by atoms with E-state index in [-0.39, 0.29) is 19.2 Å². The summed E-state index contributed by atoms with van der Waals surface area (Å²) in [5, 5.41) is 22.0. The van der Waals surface area contributed by atoms with E-state index in [1.165, 1.54) is 6.07 Å². The first kappa shape index (κ1) is 16.0. The average Bonchev–Trinajstić information content (AvgIpc) is 2.37. The van der Waals surface area contributed by atoms with E-state index in [1.807, 2.05) is 13.8 Å². The van der Waals surface area contributed by atoms with Gasteiger partial charge in [0.05, 0.1) is 6.10 Å². The van der Waals surface area contributed by atoms with E-state index in [0.29, 0.717) is 17.9 Å². The molecule has 0 aliphatic carbocycles. The van der Waals surface area contributed by atoms with Gasteiger partial charge in [-0.05, 0) is 30.0 Å². The maximum absolute atomic E-state index is 13.0. The molecule has 0 spiro atoms. The van der Waals surface area contributed by atoms with Gasteiger partial charge in [-0.15, -0.1) is 0 Å². The molecule has 0 saturated heterocycles. The molecule has 0 radical (unpaired) electrons. The number of rotatable bonds is 7. The zero-order valence-corrected chi connectivity index (χ0v) is 11.2. The molecule has 0 amide bonds. The fourth-order valence-corrected chi connectivity index (χ4v) is 1.91. The van der Waals surface area contributed by atoms with E-state index in [9.17, 15) is 13.9 Å². The summed E-state index contributed by atoms with van der Waals surface area (Å²) in [6.45, 7) is 4.32. The Morgan fingerprint density at radius 2 is 1.89 bits per heavy atom. The van der Waals surface area contributed by atoms with Gasteiger partial charge >= 0.3 is 0 Å². The molecule has 0 aromatic heterocycles. The van der Waals surface area contributed by atoms with Gasteiger partial charge in [0.25, 0.3) is 0 Å². The molecular weight excluding hydrogens is 252 g/mol. The van der Waals surface area contributed by atoms with Gasteiger partial charge in [0, 0.05) is 19.2 Å². The minimum absolute atomic E-state index is 0.0666. The Kier molecular flexibility index (Phi) is 6.34. The molecule has 1 rings (SSSR count). The third-order valence-electron chi connectivity index (χ3n) is 3.15. The summed E-state index contributed by atoms with van der Waals surface area (Å²) in [7, 11) is 0. The first-order chi connectivity index (χ1) is 8.95. The van der Waals surface area contributed by atoms with Gasteiger partial charge in [0.2, 0.25) is 0 Å². The lowest BCUT2D eigenvalue weighted by atomic mass is 10.0. The highest BCUT2D eigenvalue weighted by Crippen LogP contribution is 2.16. The molecule has 2 unspecified atom stereocenters. The van der Waals surface area contributed by atoms with Gasteiger partial charge < -0.3 is 15.5 Å². The Balaban J connectivity index is 2.58. The lowest BCUT2D eigenvalue weighted by Gasteiger charge is -2.23. The van der Waals surface area contributed by atoms with Gasteiger partial charge in [-0.2, -0.15) is 0 Å². The van der Waals surface area contributed by atoms with Crippen molar-refractivity contribution in [3.8, 4) is 0 Å². The summed E-state index contributed by atoms with van der Waals surface area (Å²) < 4.78 is 25.8. The van der Waals surface area contributed by atoms with Crippen molar-refractivity contribution in [1.29, 1.82) is 0 Å². The van der Waals surface area contributed by atoms with Crippen LogP contribution in [0.15, 0.2) is 18.2 Å². The second-order valence-corrected chi connectivity index (χ2v) is 4.96. The van der Waals surface area contributed by atoms with Crippen molar-refractivity contribution < 1.29 is 19.0 Å². The van der Waals surface area contributed by atoms with Crippen LogP contribution in [-0.2, 0) is 0 Å². The molecule has 19 heavy (non-hydrogen) atoms. The predicted molar refractivity (Wildman–Crippen MR) is 69.6 cm³/mol. The highest BCUT2D eigenvalue weighted by Gasteiger charge is 2.16. The largest absolute Gasteiger partial charge is 0.396 e. The Morgan fingerprint density at radius 3 is 2.42 bits per heavy atom. The van der Waals surface area contributed by atoms with E-state index >= 15 is 0 Å². The summed E-state index contributed by atoms with van der Waals surface area (Å²) in [5.74, 6) is -1.58. The summed E-state index contributed by atoms with van der Waals surface area (Å²) >= 11 is 0. The Labute approximate surface area is 112 Å². The fourth-order valence-electron chi connectivity index (χ4n) is 1.91. The minimum atomic E-state index is -0.965. The van der Waals surface area contributed by atoms with Crippen LogP contribution in [0.5, 0.6) is 0 Å². The molecular formula is C14H21F2NO2. The number of halogens is 2. The lowest BCUT2D eigenvalue weighted by molar-refractivity contribution is 0.158. The summed E-state index contributed by atoms with van der Waals surface area (Å²) in [6, 6.07) is 3.44. The maximum atomic E-state index is 13.0. The van der Waals surface area contributed by atoms with E-state index in [1.54, 1.807) is 0 Å². The zero-order valence-electron chi connectivity index (χ0n) is 11.2. The van der Waals surface area contributed by atoms with Crippen molar-refractivity contribution in [2.75, 3.05) is 13.2 Å².